The van der Waals surface area contributed by atoms with Crippen LogP contribution < -0.4 is 10.6 Å². The summed E-state index contributed by atoms with van der Waals surface area (Å²) < 4.78 is 0. The Hall–Kier alpha value is -1.10. The van der Waals surface area contributed by atoms with E-state index in [1.165, 1.54) is 0 Å². The summed E-state index contributed by atoms with van der Waals surface area (Å²) in [5.74, 6) is 0.151. The van der Waals surface area contributed by atoms with Crippen LogP contribution in [0.25, 0.3) is 0 Å². The minimum absolute atomic E-state index is 0.00443. The van der Waals surface area contributed by atoms with Gasteiger partial charge in [-0.1, -0.05) is 25.9 Å². The minimum atomic E-state index is -0.456. The predicted molar refractivity (Wildman–Crippen MR) is 99.9 cm³/mol. The van der Waals surface area contributed by atoms with Crippen LogP contribution >= 0.6 is 0 Å². The molecule has 0 aromatic rings. The second kappa shape index (κ2) is 5.21. The Kier molecular flexibility index (Phi) is 3.90. The summed E-state index contributed by atoms with van der Waals surface area (Å²) >= 11 is 0. The topological polar surface area (TPSA) is 73.7 Å². The zero-order valence-electron chi connectivity index (χ0n) is 16.9. The van der Waals surface area contributed by atoms with Crippen LogP contribution in [0.5, 0.6) is 0 Å². The Morgan fingerprint density at radius 1 is 1.08 bits per heavy atom. The Balaban J connectivity index is 1.85. The minimum Gasteiger partial charge on any atom is -0.411 e. The van der Waals surface area contributed by atoms with Gasteiger partial charge >= 0.3 is 0 Å². The second-order valence-electron chi connectivity index (χ2n) is 10.7. The molecule has 1 amide bonds. The molecular formula is C20H35N3O2. The summed E-state index contributed by atoms with van der Waals surface area (Å²) in [6.07, 6.45) is 4.22. The molecule has 0 unspecified atom stereocenters. The first-order chi connectivity index (χ1) is 11.3. The maximum atomic E-state index is 13.5. The quantitative estimate of drug-likeness (QED) is 0.528. The van der Waals surface area contributed by atoms with Crippen molar-refractivity contribution in [1.82, 2.24) is 10.6 Å². The number of rotatable bonds is 2. The van der Waals surface area contributed by atoms with Crippen molar-refractivity contribution in [2.75, 3.05) is 0 Å². The van der Waals surface area contributed by atoms with Crippen molar-refractivity contribution in [3.8, 4) is 0 Å². The molecule has 2 aliphatic carbocycles. The van der Waals surface area contributed by atoms with Gasteiger partial charge in [-0.25, -0.2) is 0 Å². The Morgan fingerprint density at radius 2 is 1.64 bits per heavy atom. The van der Waals surface area contributed by atoms with E-state index in [2.05, 4.69) is 64.3 Å². The van der Waals surface area contributed by atoms with Crippen LogP contribution in [0.15, 0.2) is 5.16 Å². The molecule has 5 heteroatoms. The molecule has 2 bridgehead atoms. The molecule has 0 aromatic heterocycles. The molecule has 1 heterocycles. The van der Waals surface area contributed by atoms with Crippen LogP contribution in [-0.4, -0.2) is 33.9 Å². The maximum Gasteiger partial charge on any atom is 0.227 e. The summed E-state index contributed by atoms with van der Waals surface area (Å²) in [4.78, 5) is 13.5. The summed E-state index contributed by atoms with van der Waals surface area (Å²) in [5.41, 5.74) is -0.0443. The van der Waals surface area contributed by atoms with Gasteiger partial charge in [0.15, 0.2) is 0 Å². The molecule has 2 atom stereocenters. The first-order valence-corrected chi connectivity index (χ1v) is 9.60. The van der Waals surface area contributed by atoms with Crippen molar-refractivity contribution in [2.24, 2.45) is 21.4 Å². The van der Waals surface area contributed by atoms with Crippen molar-refractivity contribution in [2.45, 2.75) is 97.7 Å². The predicted octanol–water partition coefficient (Wildman–Crippen LogP) is 3.46. The van der Waals surface area contributed by atoms with Crippen molar-refractivity contribution in [3.63, 3.8) is 0 Å². The van der Waals surface area contributed by atoms with E-state index < -0.39 is 5.41 Å². The van der Waals surface area contributed by atoms with Crippen molar-refractivity contribution < 1.29 is 10.0 Å². The van der Waals surface area contributed by atoms with Gasteiger partial charge in [0.25, 0.3) is 0 Å². The van der Waals surface area contributed by atoms with E-state index in [1.807, 2.05) is 0 Å². The smallest absolute Gasteiger partial charge is 0.227 e. The largest absolute Gasteiger partial charge is 0.411 e. The highest BCUT2D eigenvalue weighted by atomic mass is 16.4. The van der Waals surface area contributed by atoms with E-state index in [4.69, 9.17) is 0 Å². The summed E-state index contributed by atoms with van der Waals surface area (Å²) in [7, 11) is 0. The van der Waals surface area contributed by atoms with Gasteiger partial charge in [-0.2, -0.15) is 0 Å². The molecule has 0 spiro atoms. The molecule has 142 valence electrons. The summed E-state index contributed by atoms with van der Waals surface area (Å²) in [5, 5.41) is 20.1. The van der Waals surface area contributed by atoms with Gasteiger partial charge in [0.1, 0.15) is 0 Å². The molecule has 0 aromatic carbocycles. The number of hydrogen-bond donors (Lipinski definition) is 3. The number of carbonyl (C=O) groups is 1. The standard InChI is InChI=1S/C20H35N3O2/c1-16(2)10-13(11-17(3,4)23-16)21-15(24)20-9-8-19(7,18(20,5)6)14(12-20)22-25/h13,23,25H,8-12H2,1-7H3,(H,21,24)/b22-14-/t19-,20-/m1/s1. The van der Waals surface area contributed by atoms with Gasteiger partial charge in [-0.15, -0.1) is 0 Å². The van der Waals surface area contributed by atoms with Crippen LogP contribution in [-0.2, 0) is 4.79 Å². The maximum absolute atomic E-state index is 13.5. The Morgan fingerprint density at radius 3 is 2.12 bits per heavy atom. The third-order valence-electron chi connectivity index (χ3n) is 7.81. The number of nitrogens with one attached hydrogen (secondary N) is 2. The summed E-state index contributed by atoms with van der Waals surface area (Å²) in [6.45, 7) is 15.3. The van der Waals surface area contributed by atoms with E-state index >= 15 is 0 Å². The Bertz CT molecular complexity index is 606. The lowest BCUT2D eigenvalue weighted by molar-refractivity contribution is -0.137. The second-order valence-corrected chi connectivity index (χ2v) is 10.7. The molecule has 2 saturated carbocycles. The number of amides is 1. The van der Waals surface area contributed by atoms with Crippen molar-refractivity contribution >= 4 is 11.6 Å². The normalized spacial score (nSPS) is 40.4. The number of fused-ring (bicyclic) bond motifs is 2. The number of nitrogens with zero attached hydrogens (tertiary/aromatic N) is 1. The Labute approximate surface area is 152 Å². The highest BCUT2D eigenvalue weighted by Gasteiger charge is 2.71. The van der Waals surface area contributed by atoms with Gasteiger partial charge in [0, 0.05) is 29.0 Å². The van der Waals surface area contributed by atoms with Gasteiger partial charge in [-0.3, -0.25) is 4.79 Å². The third-order valence-corrected chi connectivity index (χ3v) is 7.81. The fourth-order valence-corrected chi connectivity index (χ4v) is 6.28. The van der Waals surface area contributed by atoms with Crippen LogP contribution in [0.2, 0.25) is 0 Å². The van der Waals surface area contributed by atoms with Crippen LogP contribution in [0.4, 0.5) is 0 Å². The van der Waals surface area contributed by atoms with Crippen LogP contribution in [0, 0.1) is 16.2 Å². The molecule has 1 saturated heterocycles. The number of hydrogen-bond acceptors (Lipinski definition) is 4. The molecule has 1 aliphatic heterocycles. The lowest BCUT2D eigenvalue weighted by Gasteiger charge is -2.48. The van der Waals surface area contributed by atoms with Crippen molar-refractivity contribution in [3.05, 3.63) is 0 Å². The van der Waals surface area contributed by atoms with Crippen LogP contribution in [0.1, 0.15) is 80.6 Å². The molecule has 25 heavy (non-hydrogen) atoms. The molecule has 3 N–H and O–H groups in total. The number of carbonyl (C=O) groups excluding carboxylic acids is 1. The van der Waals surface area contributed by atoms with Gasteiger partial charge in [-0.05, 0) is 58.8 Å². The van der Waals surface area contributed by atoms with Gasteiger partial charge < -0.3 is 15.8 Å². The first-order valence-electron chi connectivity index (χ1n) is 9.60. The average Bonchev–Trinajstić information content (AvgIpc) is 2.73. The van der Waals surface area contributed by atoms with E-state index in [9.17, 15) is 10.0 Å². The molecule has 3 rings (SSSR count). The van der Waals surface area contributed by atoms with Crippen molar-refractivity contribution in [1.29, 1.82) is 0 Å². The number of oxime groups is 1. The van der Waals surface area contributed by atoms with E-state index in [0.29, 0.717) is 6.42 Å². The molecule has 3 aliphatic rings. The molecular weight excluding hydrogens is 314 g/mol. The number of piperidine rings is 1. The SMILES string of the molecule is CC1(C)CC(NC(=O)[C@@]23CC[C@](C)(/C(=N\O)C2)C3(C)C)CC(C)(C)N1. The summed E-state index contributed by atoms with van der Waals surface area (Å²) in [6, 6.07) is 0.172. The van der Waals surface area contributed by atoms with E-state index in [-0.39, 0.29) is 33.9 Å². The van der Waals surface area contributed by atoms with Gasteiger partial charge in [0.2, 0.25) is 5.91 Å². The zero-order valence-corrected chi connectivity index (χ0v) is 16.9. The van der Waals surface area contributed by atoms with Gasteiger partial charge in [0.05, 0.1) is 11.1 Å². The third kappa shape index (κ3) is 2.53. The lowest BCUT2D eigenvalue weighted by atomic mass is 9.64. The fourth-order valence-electron chi connectivity index (χ4n) is 6.28. The highest BCUT2D eigenvalue weighted by Crippen LogP contribution is 2.71. The lowest BCUT2D eigenvalue weighted by Crippen LogP contribution is -2.63. The fraction of sp³-hybridized carbons (Fsp3) is 0.900. The molecule has 0 radical (unpaired) electrons. The molecule has 5 nitrogen and oxygen atoms in total. The van der Waals surface area contributed by atoms with E-state index in [1.54, 1.807) is 0 Å². The molecule has 3 fully saturated rings. The highest BCUT2D eigenvalue weighted by molar-refractivity contribution is 6.02. The first kappa shape index (κ1) is 18.7. The average molecular weight is 350 g/mol. The monoisotopic (exact) mass is 349 g/mol. The van der Waals surface area contributed by atoms with Crippen LogP contribution in [0.3, 0.4) is 0 Å². The zero-order chi connectivity index (χ0) is 18.9. The van der Waals surface area contributed by atoms with E-state index in [0.717, 1.165) is 31.4 Å².